The van der Waals surface area contributed by atoms with Crippen LogP contribution < -0.4 is 4.72 Å². The van der Waals surface area contributed by atoms with Crippen LogP contribution in [0.25, 0.3) is 5.69 Å². The van der Waals surface area contributed by atoms with Crippen molar-refractivity contribution in [2.24, 2.45) is 0 Å². The summed E-state index contributed by atoms with van der Waals surface area (Å²) in [5.74, 6) is 0. The number of para-hydroxylation sites is 1. The van der Waals surface area contributed by atoms with Crippen LogP contribution in [-0.2, 0) is 16.6 Å². The largest absolute Gasteiger partial charge is 0.318 e. The van der Waals surface area contributed by atoms with Crippen LogP contribution in [-0.4, -0.2) is 13.0 Å². The van der Waals surface area contributed by atoms with E-state index in [1.165, 1.54) is 0 Å². The molecule has 0 radical (unpaired) electrons. The maximum atomic E-state index is 12.5. The van der Waals surface area contributed by atoms with Crippen molar-refractivity contribution in [3.8, 4) is 5.69 Å². The van der Waals surface area contributed by atoms with E-state index in [4.69, 9.17) is 0 Å². The highest BCUT2D eigenvalue weighted by Crippen LogP contribution is 2.21. The van der Waals surface area contributed by atoms with Gasteiger partial charge in [0.1, 0.15) is 0 Å². The number of nitrogens with one attached hydrogen (secondary N) is 1. The predicted octanol–water partition coefficient (Wildman–Crippen LogP) is 3.88. The van der Waals surface area contributed by atoms with Crippen LogP contribution in [0.5, 0.6) is 0 Å². The number of nitrogens with zero attached hydrogens (tertiary/aromatic N) is 1. The first-order valence-electron chi connectivity index (χ1n) is 8.18. The number of aryl methyl sites for hydroxylation is 3. The Balaban J connectivity index is 1.89. The minimum absolute atomic E-state index is 0.240. The summed E-state index contributed by atoms with van der Waals surface area (Å²) in [4.78, 5) is 0.281. The second-order valence-corrected chi connectivity index (χ2v) is 7.98. The van der Waals surface area contributed by atoms with Gasteiger partial charge in [0.15, 0.2) is 0 Å². The van der Waals surface area contributed by atoms with Crippen LogP contribution in [0.4, 0.5) is 0 Å². The molecule has 3 rings (SSSR count). The van der Waals surface area contributed by atoms with Gasteiger partial charge in [0.2, 0.25) is 10.0 Å². The van der Waals surface area contributed by atoms with Gasteiger partial charge in [-0.25, -0.2) is 13.1 Å². The van der Waals surface area contributed by atoms with E-state index < -0.39 is 10.0 Å². The molecule has 1 N–H and O–H groups in total. The molecule has 0 aliphatic rings. The quantitative estimate of drug-likeness (QED) is 0.756. The molecule has 2 aromatic carbocycles. The van der Waals surface area contributed by atoms with E-state index >= 15 is 0 Å². The van der Waals surface area contributed by atoms with Crippen LogP contribution in [0.2, 0.25) is 0 Å². The van der Waals surface area contributed by atoms with Crippen molar-refractivity contribution in [1.82, 2.24) is 9.29 Å². The highest BCUT2D eigenvalue weighted by molar-refractivity contribution is 7.89. The Morgan fingerprint density at radius 3 is 2.08 bits per heavy atom. The number of benzene rings is 2. The minimum atomic E-state index is -3.54. The Hall–Kier alpha value is -2.37. The van der Waals surface area contributed by atoms with E-state index in [1.807, 2.05) is 45.0 Å². The number of hydrogen-bond acceptors (Lipinski definition) is 2. The molecule has 0 saturated heterocycles. The fourth-order valence-corrected chi connectivity index (χ4v) is 3.91. The van der Waals surface area contributed by atoms with Crippen LogP contribution in [0.3, 0.4) is 0 Å². The Kier molecular flexibility index (Phi) is 4.79. The lowest BCUT2D eigenvalue weighted by Crippen LogP contribution is -2.24. The molecule has 3 aromatic rings. The third-order valence-electron chi connectivity index (χ3n) is 4.29. The van der Waals surface area contributed by atoms with Gasteiger partial charge in [0.25, 0.3) is 0 Å². The molecule has 0 atom stereocenters. The lowest BCUT2D eigenvalue weighted by molar-refractivity contribution is 0.581. The minimum Gasteiger partial charge on any atom is -0.318 e. The van der Waals surface area contributed by atoms with Crippen molar-refractivity contribution >= 4 is 10.0 Å². The van der Waals surface area contributed by atoms with Gasteiger partial charge in [-0.05, 0) is 56.7 Å². The van der Waals surface area contributed by atoms with Crippen molar-refractivity contribution in [2.45, 2.75) is 32.2 Å². The standard InChI is InChI=1S/C20H22N2O2S/c1-15-8-12-19(13-9-15)25(23,24)21-14-18-6-4-5-7-20(18)22-16(2)10-11-17(22)3/h4-13,21H,14H2,1-3H3. The van der Waals surface area contributed by atoms with Crippen molar-refractivity contribution in [1.29, 1.82) is 0 Å². The Labute approximate surface area is 149 Å². The number of hydrogen-bond donors (Lipinski definition) is 1. The summed E-state index contributed by atoms with van der Waals surface area (Å²) in [7, 11) is -3.54. The fourth-order valence-electron chi connectivity index (χ4n) is 2.90. The molecule has 0 aliphatic carbocycles. The smallest absolute Gasteiger partial charge is 0.240 e. The van der Waals surface area contributed by atoms with Crippen LogP contribution in [0.1, 0.15) is 22.5 Å². The van der Waals surface area contributed by atoms with Crippen LogP contribution >= 0.6 is 0 Å². The average molecular weight is 354 g/mol. The summed E-state index contributed by atoms with van der Waals surface area (Å²) in [5.41, 5.74) is 5.19. The zero-order valence-corrected chi connectivity index (χ0v) is 15.5. The second kappa shape index (κ2) is 6.86. The molecule has 0 fully saturated rings. The van der Waals surface area contributed by atoms with Gasteiger partial charge in [-0.3, -0.25) is 0 Å². The third-order valence-corrected chi connectivity index (χ3v) is 5.70. The first-order valence-corrected chi connectivity index (χ1v) is 9.66. The maximum absolute atomic E-state index is 12.5. The van der Waals surface area contributed by atoms with E-state index in [0.29, 0.717) is 0 Å². The average Bonchev–Trinajstić information content (AvgIpc) is 2.92. The summed E-state index contributed by atoms with van der Waals surface area (Å²) in [6.45, 7) is 6.26. The number of sulfonamides is 1. The molecular formula is C20H22N2O2S. The molecule has 0 spiro atoms. The van der Waals surface area contributed by atoms with Crippen molar-refractivity contribution < 1.29 is 8.42 Å². The summed E-state index contributed by atoms with van der Waals surface area (Å²) in [6.07, 6.45) is 0. The van der Waals surface area contributed by atoms with Gasteiger partial charge in [0.05, 0.1) is 4.90 Å². The maximum Gasteiger partial charge on any atom is 0.240 e. The summed E-state index contributed by atoms with van der Waals surface area (Å²) < 4.78 is 29.9. The van der Waals surface area contributed by atoms with Gasteiger partial charge in [0, 0.05) is 23.6 Å². The molecular weight excluding hydrogens is 332 g/mol. The Morgan fingerprint density at radius 2 is 1.44 bits per heavy atom. The Bertz CT molecular complexity index is 967. The molecule has 25 heavy (non-hydrogen) atoms. The second-order valence-electron chi connectivity index (χ2n) is 6.22. The first kappa shape index (κ1) is 17.5. The Morgan fingerprint density at radius 1 is 0.840 bits per heavy atom. The molecule has 0 amide bonds. The molecule has 0 aliphatic heterocycles. The highest BCUT2D eigenvalue weighted by atomic mass is 32.2. The van der Waals surface area contributed by atoms with Crippen LogP contribution in [0, 0.1) is 20.8 Å². The molecule has 1 aromatic heterocycles. The van der Waals surface area contributed by atoms with E-state index in [0.717, 1.165) is 28.2 Å². The van der Waals surface area contributed by atoms with Crippen LogP contribution in [0.15, 0.2) is 65.6 Å². The highest BCUT2D eigenvalue weighted by Gasteiger charge is 2.15. The van der Waals surface area contributed by atoms with Crippen molar-refractivity contribution in [3.05, 3.63) is 83.2 Å². The zero-order valence-electron chi connectivity index (χ0n) is 14.7. The van der Waals surface area contributed by atoms with Gasteiger partial charge in [-0.1, -0.05) is 35.9 Å². The lowest BCUT2D eigenvalue weighted by atomic mass is 10.1. The monoisotopic (exact) mass is 354 g/mol. The normalized spacial score (nSPS) is 11.6. The predicted molar refractivity (Wildman–Crippen MR) is 100 cm³/mol. The summed E-state index contributed by atoms with van der Waals surface area (Å²) in [5, 5.41) is 0. The third kappa shape index (κ3) is 3.67. The van der Waals surface area contributed by atoms with E-state index in [2.05, 4.69) is 21.4 Å². The molecule has 0 saturated carbocycles. The first-order chi connectivity index (χ1) is 11.9. The summed E-state index contributed by atoms with van der Waals surface area (Å²) in [6, 6.07) is 18.8. The van der Waals surface area contributed by atoms with E-state index in [-0.39, 0.29) is 11.4 Å². The molecule has 4 nitrogen and oxygen atoms in total. The van der Waals surface area contributed by atoms with Crippen molar-refractivity contribution in [2.75, 3.05) is 0 Å². The topological polar surface area (TPSA) is 51.1 Å². The number of rotatable bonds is 5. The fraction of sp³-hybridized carbons (Fsp3) is 0.200. The zero-order chi connectivity index (χ0) is 18.0. The van der Waals surface area contributed by atoms with Gasteiger partial charge < -0.3 is 4.57 Å². The SMILES string of the molecule is Cc1ccc(S(=O)(=O)NCc2ccccc2-n2c(C)ccc2C)cc1. The molecule has 5 heteroatoms. The van der Waals surface area contributed by atoms with Gasteiger partial charge in [-0.2, -0.15) is 0 Å². The molecule has 0 unspecified atom stereocenters. The van der Waals surface area contributed by atoms with Gasteiger partial charge >= 0.3 is 0 Å². The van der Waals surface area contributed by atoms with E-state index in [9.17, 15) is 8.42 Å². The number of aromatic nitrogens is 1. The lowest BCUT2D eigenvalue weighted by Gasteiger charge is -2.15. The van der Waals surface area contributed by atoms with Gasteiger partial charge in [-0.15, -0.1) is 0 Å². The van der Waals surface area contributed by atoms with Crippen molar-refractivity contribution in [3.63, 3.8) is 0 Å². The van der Waals surface area contributed by atoms with E-state index in [1.54, 1.807) is 24.3 Å². The molecule has 0 bridgehead atoms. The molecule has 130 valence electrons. The molecule has 1 heterocycles. The summed E-state index contributed by atoms with van der Waals surface area (Å²) >= 11 is 0.